The Morgan fingerprint density at radius 1 is 1.09 bits per heavy atom. The van der Waals surface area contributed by atoms with Gasteiger partial charge < -0.3 is 14.2 Å². The second-order valence-electron chi connectivity index (χ2n) is 4.82. The lowest BCUT2D eigenvalue weighted by atomic mass is 10.2. The molecular weight excluding hydrogens is 321 g/mol. The molecule has 0 saturated heterocycles. The van der Waals surface area contributed by atoms with Crippen LogP contribution in [0.3, 0.4) is 0 Å². The molecule has 2 aromatic rings. The summed E-state index contributed by atoms with van der Waals surface area (Å²) in [6, 6.07) is 13.7. The van der Waals surface area contributed by atoms with Gasteiger partial charge in [0.25, 0.3) is 0 Å². The van der Waals surface area contributed by atoms with Gasteiger partial charge in [-0.3, -0.25) is 0 Å². The number of nitrogens with one attached hydrogen (secondary N) is 1. The number of benzene rings is 2. The second-order valence-corrected chi connectivity index (χ2v) is 5.77. The molecule has 0 radical (unpaired) electrons. The van der Waals surface area contributed by atoms with E-state index in [4.69, 9.17) is 4.74 Å². The lowest BCUT2D eigenvalue weighted by molar-refractivity contribution is 0.319. The summed E-state index contributed by atoms with van der Waals surface area (Å²) in [5, 5.41) is 3.25. The van der Waals surface area contributed by atoms with E-state index in [0.717, 1.165) is 23.4 Å². The van der Waals surface area contributed by atoms with E-state index in [-0.39, 0.29) is 5.75 Å². The molecule has 0 aromatic heterocycles. The minimum atomic E-state index is -4.99. The smallest absolute Gasteiger partial charge is 0.488 e. The molecule has 0 fully saturated rings. The van der Waals surface area contributed by atoms with Gasteiger partial charge in [0.2, 0.25) is 0 Å². The Kier molecular flexibility index (Phi) is 5.81. The summed E-state index contributed by atoms with van der Waals surface area (Å²) in [7, 11) is -4.99. The van der Waals surface area contributed by atoms with Gasteiger partial charge in [0.15, 0.2) is 0 Å². The summed E-state index contributed by atoms with van der Waals surface area (Å²) in [5.41, 5.74) is 1.76. The van der Waals surface area contributed by atoms with Crippen LogP contribution >= 0.6 is 0 Å². The van der Waals surface area contributed by atoms with Gasteiger partial charge in [-0.15, -0.1) is 0 Å². The first kappa shape index (κ1) is 17.1. The Morgan fingerprint density at radius 3 is 2.43 bits per heavy atom. The van der Waals surface area contributed by atoms with Crippen molar-refractivity contribution in [1.29, 1.82) is 0 Å². The molecule has 5 nitrogen and oxygen atoms in total. The fraction of sp³-hybridized carbons (Fsp3) is 0.250. The highest BCUT2D eigenvalue weighted by Gasteiger charge is 2.09. The minimum absolute atomic E-state index is 0.0667. The van der Waals surface area contributed by atoms with E-state index in [0.29, 0.717) is 13.2 Å². The molecule has 0 aliphatic heterocycles. The minimum Gasteiger partial charge on any atom is -0.491 e. The molecule has 0 saturated carbocycles. The van der Waals surface area contributed by atoms with E-state index in [9.17, 15) is 12.3 Å². The Balaban J connectivity index is 1.98. The van der Waals surface area contributed by atoms with Crippen molar-refractivity contribution in [3.63, 3.8) is 0 Å². The van der Waals surface area contributed by atoms with Crippen LogP contribution in [0.25, 0.3) is 0 Å². The molecule has 0 aliphatic carbocycles. The molecule has 7 heteroatoms. The third-order valence-electron chi connectivity index (χ3n) is 2.95. The fourth-order valence-electron chi connectivity index (χ4n) is 1.93. The largest absolute Gasteiger partial charge is 0.491 e. The zero-order chi connectivity index (χ0) is 16.7. The molecule has 23 heavy (non-hydrogen) atoms. The first-order chi connectivity index (χ1) is 11.0. The molecule has 2 rings (SSSR count). The van der Waals surface area contributed by atoms with E-state index >= 15 is 0 Å². The number of hydrogen-bond acceptors (Lipinski definition) is 5. The first-order valence-corrected chi connectivity index (χ1v) is 8.47. The van der Waals surface area contributed by atoms with Crippen LogP contribution in [0.2, 0.25) is 0 Å². The van der Waals surface area contributed by atoms with Crippen molar-refractivity contribution in [1.82, 2.24) is 0 Å². The van der Waals surface area contributed by atoms with Gasteiger partial charge in [0.05, 0.1) is 12.3 Å². The van der Waals surface area contributed by atoms with Crippen LogP contribution in [0.15, 0.2) is 48.5 Å². The summed E-state index contributed by atoms with van der Waals surface area (Å²) in [6.45, 7) is 3.19. The average Bonchev–Trinajstić information content (AvgIpc) is 2.51. The molecule has 0 spiro atoms. The van der Waals surface area contributed by atoms with Crippen LogP contribution in [0.4, 0.5) is 9.57 Å². The van der Waals surface area contributed by atoms with Gasteiger partial charge in [-0.1, -0.05) is 35.1 Å². The highest BCUT2D eigenvalue weighted by molar-refractivity contribution is 7.81. The Hall–Kier alpha value is -2.28. The standard InChI is InChI=1S/C16H18FNO4S/c1-2-11-21-16-6-4-3-5-15(16)18-12-13-7-9-14(10-8-13)22-23(17,19)20/h3-10,18H,2,11-12H2,1H3. The Morgan fingerprint density at radius 2 is 1.78 bits per heavy atom. The second kappa shape index (κ2) is 7.82. The third-order valence-corrected chi connectivity index (χ3v) is 3.34. The molecule has 124 valence electrons. The number of ether oxygens (including phenoxy) is 1. The molecule has 0 amide bonds. The summed E-state index contributed by atoms with van der Waals surface area (Å²) >= 11 is 0. The maximum atomic E-state index is 12.4. The predicted octanol–water partition coefficient (Wildman–Crippen LogP) is 3.68. The van der Waals surface area contributed by atoms with Crippen LogP contribution in [-0.4, -0.2) is 15.0 Å². The number of hydrogen-bond donors (Lipinski definition) is 1. The lowest BCUT2D eigenvalue weighted by Crippen LogP contribution is -2.04. The van der Waals surface area contributed by atoms with Crippen molar-refractivity contribution < 1.29 is 21.2 Å². The maximum absolute atomic E-state index is 12.4. The number of halogens is 1. The quantitative estimate of drug-likeness (QED) is 0.743. The maximum Gasteiger partial charge on any atom is 0.488 e. The molecule has 2 aromatic carbocycles. The molecule has 0 unspecified atom stereocenters. The number of anilines is 1. The molecule has 0 atom stereocenters. The van der Waals surface area contributed by atoms with Gasteiger partial charge in [0.1, 0.15) is 11.5 Å². The average molecular weight is 339 g/mol. The van der Waals surface area contributed by atoms with E-state index in [2.05, 4.69) is 9.50 Å². The van der Waals surface area contributed by atoms with Gasteiger partial charge in [0, 0.05) is 6.54 Å². The molecule has 0 heterocycles. The zero-order valence-electron chi connectivity index (χ0n) is 12.7. The highest BCUT2D eigenvalue weighted by atomic mass is 32.3. The molecule has 1 N–H and O–H groups in total. The van der Waals surface area contributed by atoms with E-state index in [1.807, 2.05) is 31.2 Å². The summed E-state index contributed by atoms with van der Waals surface area (Å²) in [6.07, 6.45) is 0.924. The molecule has 0 aliphatic rings. The van der Waals surface area contributed by atoms with Crippen molar-refractivity contribution in [2.45, 2.75) is 19.9 Å². The van der Waals surface area contributed by atoms with E-state index < -0.39 is 10.5 Å². The van der Waals surface area contributed by atoms with Crippen molar-refractivity contribution >= 4 is 16.2 Å². The fourth-order valence-corrected chi connectivity index (χ4v) is 2.27. The third kappa shape index (κ3) is 5.78. The highest BCUT2D eigenvalue weighted by Crippen LogP contribution is 2.25. The van der Waals surface area contributed by atoms with Gasteiger partial charge in [-0.25, -0.2) is 0 Å². The molecular formula is C16H18FNO4S. The number of para-hydroxylation sites is 2. The monoisotopic (exact) mass is 339 g/mol. The van der Waals surface area contributed by atoms with Crippen LogP contribution in [0.1, 0.15) is 18.9 Å². The van der Waals surface area contributed by atoms with Crippen LogP contribution in [-0.2, 0) is 17.0 Å². The van der Waals surface area contributed by atoms with Crippen molar-refractivity contribution in [2.24, 2.45) is 0 Å². The van der Waals surface area contributed by atoms with Crippen molar-refractivity contribution in [3.8, 4) is 11.5 Å². The van der Waals surface area contributed by atoms with E-state index in [1.165, 1.54) is 12.1 Å². The SMILES string of the molecule is CCCOc1ccccc1NCc1ccc(OS(=O)(=O)F)cc1. The summed E-state index contributed by atoms with van der Waals surface area (Å²) in [5.74, 6) is 0.709. The topological polar surface area (TPSA) is 64.6 Å². The van der Waals surface area contributed by atoms with Crippen molar-refractivity contribution in [2.75, 3.05) is 11.9 Å². The van der Waals surface area contributed by atoms with Crippen LogP contribution < -0.4 is 14.2 Å². The van der Waals surface area contributed by atoms with Gasteiger partial charge in [-0.05, 0) is 36.2 Å². The van der Waals surface area contributed by atoms with Gasteiger partial charge in [-0.2, -0.15) is 8.42 Å². The Labute approximate surface area is 135 Å². The van der Waals surface area contributed by atoms with Crippen molar-refractivity contribution in [3.05, 3.63) is 54.1 Å². The first-order valence-electron chi connectivity index (χ1n) is 7.16. The zero-order valence-corrected chi connectivity index (χ0v) is 13.5. The summed E-state index contributed by atoms with van der Waals surface area (Å²) < 4.78 is 43.0. The van der Waals surface area contributed by atoms with Gasteiger partial charge >= 0.3 is 10.5 Å². The lowest BCUT2D eigenvalue weighted by Gasteiger charge is -2.13. The predicted molar refractivity (Wildman–Crippen MR) is 86.7 cm³/mol. The normalized spacial score (nSPS) is 11.0. The van der Waals surface area contributed by atoms with E-state index in [1.54, 1.807) is 12.1 Å². The van der Waals surface area contributed by atoms with Crippen LogP contribution in [0.5, 0.6) is 11.5 Å². The molecule has 0 bridgehead atoms. The Bertz CT molecular complexity index is 732. The summed E-state index contributed by atoms with van der Waals surface area (Å²) in [4.78, 5) is 0. The van der Waals surface area contributed by atoms with Crippen LogP contribution in [0, 0.1) is 0 Å². The number of rotatable bonds is 8.